The Balaban J connectivity index is 2.26. The summed E-state index contributed by atoms with van der Waals surface area (Å²) < 4.78 is 5.46. The number of hydrogen-bond donors (Lipinski definition) is 1. The zero-order valence-corrected chi connectivity index (χ0v) is 8.62. The lowest BCUT2D eigenvalue weighted by atomic mass is 10.1. The predicted octanol–water partition coefficient (Wildman–Crippen LogP) is 1.57. The quantitative estimate of drug-likeness (QED) is 0.705. The smallest absolute Gasteiger partial charge is 0.183 e. The molecule has 1 unspecified atom stereocenters. The third kappa shape index (κ3) is 3.77. The average Bonchev–Trinajstić information content (AvgIpc) is 2.48. The first-order valence-corrected chi connectivity index (χ1v) is 5.12. The van der Waals surface area contributed by atoms with Crippen molar-refractivity contribution in [3.05, 3.63) is 0 Å². The lowest BCUT2D eigenvalue weighted by Gasteiger charge is -2.06. The molecule has 0 aromatic carbocycles. The molecule has 0 saturated heterocycles. The Morgan fingerprint density at radius 2 is 2.38 bits per heavy atom. The van der Waals surface area contributed by atoms with Crippen LogP contribution >= 0.6 is 0 Å². The van der Waals surface area contributed by atoms with E-state index in [4.69, 9.17) is 10.5 Å². The second kappa shape index (κ2) is 5.22. The first-order chi connectivity index (χ1) is 6.22. The SMILES string of the molecule is CC(C)CC1COC(CCCN)=N1. The van der Waals surface area contributed by atoms with E-state index in [0.717, 1.165) is 38.3 Å². The van der Waals surface area contributed by atoms with Crippen LogP contribution in [-0.2, 0) is 4.74 Å². The Bertz CT molecular complexity index is 178. The summed E-state index contributed by atoms with van der Waals surface area (Å²) in [5.41, 5.74) is 5.41. The van der Waals surface area contributed by atoms with E-state index in [1.807, 2.05) is 0 Å². The first-order valence-electron chi connectivity index (χ1n) is 5.12. The van der Waals surface area contributed by atoms with Crippen molar-refractivity contribution >= 4 is 5.90 Å². The van der Waals surface area contributed by atoms with Crippen molar-refractivity contribution in [2.75, 3.05) is 13.2 Å². The average molecular weight is 184 g/mol. The second-order valence-electron chi connectivity index (χ2n) is 4.01. The highest BCUT2D eigenvalue weighted by molar-refractivity contribution is 5.77. The molecule has 0 radical (unpaired) electrons. The maximum absolute atomic E-state index is 5.46. The molecule has 0 aromatic heterocycles. The highest BCUT2D eigenvalue weighted by Gasteiger charge is 2.18. The molecule has 0 bridgehead atoms. The molecule has 0 spiro atoms. The standard InChI is InChI=1S/C10H20N2O/c1-8(2)6-9-7-13-10(12-9)4-3-5-11/h8-9H,3-7,11H2,1-2H3. The molecule has 0 amide bonds. The Morgan fingerprint density at radius 3 is 3.00 bits per heavy atom. The van der Waals surface area contributed by atoms with E-state index in [0.29, 0.717) is 12.0 Å². The van der Waals surface area contributed by atoms with Crippen LogP contribution < -0.4 is 5.73 Å². The van der Waals surface area contributed by atoms with E-state index in [1.165, 1.54) is 0 Å². The monoisotopic (exact) mass is 184 g/mol. The molecule has 2 N–H and O–H groups in total. The molecule has 1 rings (SSSR count). The zero-order chi connectivity index (χ0) is 9.68. The van der Waals surface area contributed by atoms with Gasteiger partial charge in [0.1, 0.15) is 6.61 Å². The van der Waals surface area contributed by atoms with Crippen LogP contribution in [0, 0.1) is 5.92 Å². The lowest BCUT2D eigenvalue weighted by Crippen LogP contribution is -2.09. The fourth-order valence-corrected chi connectivity index (χ4v) is 1.53. The minimum Gasteiger partial charge on any atom is -0.479 e. The Morgan fingerprint density at radius 1 is 1.62 bits per heavy atom. The van der Waals surface area contributed by atoms with Crippen molar-refractivity contribution < 1.29 is 4.74 Å². The molecule has 1 atom stereocenters. The van der Waals surface area contributed by atoms with E-state index in [-0.39, 0.29) is 0 Å². The largest absolute Gasteiger partial charge is 0.479 e. The molecule has 13 heavy (non-hydrogen) atoms. The van der Waals surface area contributed by atoms with E-state index in [9.17, 15) is 0 Å². The molecule has 0 fully saturated rings. The fraction of sp³-hybridized carbons (Fsp3) is 0.900. The van der Waals surface area contributed by atoms with Gasteiger partial charge in [-0.3, -0.25) is 0 Å². The van der Waals surface area contributed by atoms with Crippen LogP contribution in [0.5, 0.6) is 0 Å². The lowest BCUT2D eigenvalue weighted by molar-refractivity contribution is 0.294. The third-order valence-electron chi connectivity index (χ3n) is 2.11. The molecule has 1 aliphatic heterocycles. The molecule has 1 heterocycles. The van der Waals surface area contributed by atoms with Gasteiger partial charge in [0.15, 0.2) is 5.90 Å². The van der Waals surface area contributed by atoms with Crippen molar-refractivity contribution in [1.82, 2.24) is 0 Å². The predicted molar refractivity (Wildman–Crippen MR) is 54.9 cm³/mol. The maximum atomic E-state index is 5.46. The minimum atomic E-state index is 0.396. The summed E-state index contributed by atoms with van der Waals surface area (Å²) in [5, 5.41) is 0. The highest BCUT2D eigenvalue weighted by Crippen LogP contribution is 2.15. The van der Waals surface area contributed by atoms with Gasteiger partial charge in [0.2, 0.25) is 0 Å². The number of rotatable bonds is 5. The van der Waals surface area contributed by atoms with Gasteiger partial charge in [-0.1, -0.05) is 13.8 Å². The van der Waals surface area contributed by atoms with Gasteiger partial charge in [0.05, 0.1) is 6.04 Å². The second-order valence-corrected chi connectivity index (χ2v) is 4.01. The van der Waals surface area contributed by atoms with Crippen molar-refractivity contribution in [1.29, 1.82) is 0 Å². The number of nitrogens with two attached hydrogens (primary N) is 1. The number of hydrogen-bond acceptors (Lipinski definition) is 3. The summed E-state index contributed by atoms with van der Waals surface area (Å²) in [6, 6.07) is 0.396. The number of nitrogens with zero attached hydrogens (tertiary/aromatic N) is 1. The van der Waals surface area contributed by atoms with Crippen LogP contribution in [0.2, 0.25) is 0 Å². The van der Waals surface area contributed by atoms with E-state index < -0.39 is 0 Å². The molecule has 76 valence electrons. The van der Waals surface area contributed by atoms with Gasteiger partial charge in [-0.15, -0.1) is 0 Å². The maximum Gasteiger partial charge on any atom is 0.183 e. The van der Waals surface area contributed by atoms with Crippen LogP contribution in [0.1, 0.15) is 33.1 Å². The third-order valence-corrected chi connectivity index (χ3v) is 2.11. The van der Waals surface area contributed by atoms with Gasteiger partial charge in [-0.05, 0) is 25.3 Å². The Kier molecular flexibility index (Phi) is 4.22. The number of aliphatic imine (C=N–C) groups is 1. The Labute approximate surface area is 80.4 Å². The molecule has 0 aliphatic carbocycles. The van der Waals surface area contributed by atoms with Crippen molar-refractivity contribution in [3.8, 4) is 0 Å². The van der Waals surface area contributed by atoms with Gasteiger partial charge in [0, 0.05) is 6.42 Å². The van der Waals surface area contributed by atoms with E-state index in [1.54, 1.807) is 0 Å². The van der Waals surface area contributed by atoms with Gasteiger partial charge < -0.3 is 10.5 Å². The minimum absolute atomic E-state index is 0.396. The summed E-state index contributed by atoms with van der Waals surface area (Å²) in [6.07, 6.45) is 3.02. The Hall–Kier alpha value is -0.570. The summed E-state index contributed by atoms with van der Waals surface area (Å²) in [5.74, 6) is 1.61. The van der Waals surface area contributed by atoms with Crippen LogP contribution in [0.25, 0.3) is 0 Å². The summed E-state index contributed by atoms with van der Waals surface area (Å²) in [4.78, 5) is 4.50. The molecule has 3 nitrogen and oxygen atoms in total. The molecule has 0 saturated carbocycles. The summed E-state index contributed by atoms with van der Waals surface area (Å²) in [6.45, 7) is 5.93. The number of ether oxygens (including phenoxy) is 1. The van der Waals surface area contributed by atoms with Gasteiger partial charge in [-0.2, -0.15) is 0 Å². The topological polar surface area (TPSA) is 47.6 Å². The highest BCUT2D eigenvalue weighted by atomic mass is 16.5. The van der Waals surface area contributed by atoms with Gasteiger partial charge >= 0.3 is 0 Å². The first kappa shape index (κ1) is 10.5. The van der Waals surface area contributed by atoms with E-state index in [2.05, 4.69) is 18.8 Å². The van der Waals surface area contributed by atoms with Crippen molar-refractivity contribution in [3.63, 3.8) is 0 Å². The molecular formula is C10H20N2O. The van der Waals surface area contributed by atoms with E-state index >= 15 is 0 Å². The fourth-order valence-electron chi connectivity index (χ4n) is 1.53. The van der Waals surface area contributed by atoms with Crippen molar-refractivity contribution in [2.45, 2.75) is 39.2 Å². The molecular weight excluding hydrogens is 164 g/mol. The molecule has 3 heteroatoms. The van der Waals surface area contributed by atoms with Crippen molar-refractivity contribution in [2.24, 2.45) is 16.6 Å². The van der Waals surface area contributed by atoms with Gasteiger partial charge in [-0.25, -0.2) is 4.99 Å². The van der Waals surface area contributed by atoms with Crippen LogP contribution in [0.15, 0.2) is 4.99 Å². The molecule has 1 aliphatic rings. The van der Waals surface area contributed by atoms with Crippen LogP contribution in [-0.4, -0.2) is 25.1 Å². The van der Waals surface area contributed by atoms with Gasteiger partial charge in [0.25, 0.3) is 0 Å². The normalized spacial score (nSPS) is 21.8. The zero-order valence-electron chi connectivity index (χ0n) is 8.62. The van der Waals surface area contributed by atoms with Crippen LogP contribution in [0.4, 0.5) is 0 Å². The molecule has 0 aromatic rings. The summed E-state index contributed by atoms with van der Waals surface area (Å²) >= 11 is 0. The summed E-state index contributed by atoms with van der Waals surface area (Å²) in [7, 11) is 0. The van der Waals surface area contributed by atoms with Crippen LogP contribution in [0.3, 0.4) is 0 Å².